The zero-order chi connectivity index (χ0) is 7.23. The van der Waals surface area contributed by atoms with E-state index in [2.05, 4.69) is 0 Å². The summed E-state index contributed by atoms with van der Waals surface area (Å²) in [5.74, 6) is 0. The third kappa shape index (κ3) is 2.60. The molecule has 60 valence electrons. The summed E-state index contributed by atoms with van der Waals surface area (Å²) >= 11 is 0. The Morgan fingerprint density at radius 3 is 2.70 bits per heavy atom. The molecule has 0 aromatic rings. The first-order chi connectivity index (χ1) is 4.93. The summed E-state index contributed by atoms with van der Waals surface area (Å²) in [5, 5.41) is 0. The van der Waals surface area contributed by atoms with Crippen LogP contribution in [0.2, 0.25) is 0 Å². The molecule has 1 aliphatic rings. The van der Waals surface area contributed by atoms with Gasteiger partial charge in [-0.25, -0.2) is 4.39 Å². The molecule has 1 fully saturated rings. The van der Waals surface area contributed by atoms with Crippen molar-refractivity contribution in [2.45, 2.75) is 6.29 Å². The Morgan fingerprint density at radius 2 is 2.10 bits per heavy atom. The number of alkyl halides is 1. The van der Waals surface area contributed by atoms with E-state index >= 15 is 0 Å². The van der Waals surface area contributed by atoms with Crippen molar-refractivity contribution in [3.05, 3.63) is 0 Å². The van der Waals surface area contributed by atoms with E-state index in [1.165, 1.54) is 0 Å². The van der Waals surface area contributed by atoms with Crippen molar-refractivity contribution in [3.63, 3.8) is 0 Å². The second-order valence-electron chi connectivity index (χ2n) is 1.94. The van der Waals surface area contributed by atoms with Gasteiger partial charge >= 0.3 is 0 Å². The van der Waals surface area contributed by atoms with Crippen LogP contribution in [0.5, 0.6) is 0 Å². The normalized spacial score (nSPS) is 20.1. The summed E-state index contributed by atoms with van der Waals surface area (Å²) in [4.78, 5) is 0. The molecule has 0 atom stereocenters. The Hall–Kier alpha value is -0.190. The highest BCUT2D eigenvalue weighted by molar-refractivity contribution is 4.49. The average Bonchev–Trinajstić information content (AvgIpc) is 2.41. The van der Waals surface area contributed by atoms with Crippen LogP contribution in [-0.2, 0) is 14.2 Å². The van der Waals surface area contributed by atoms with Crippen molar-refractivity contribution in [2.24, 2.45) is 0 Å². The van der Waals surface area contributed by atoms with Gasteiger partial charge in [0.25, 0.3) is 0 Å². The minimum atomic E-state index is -0.452. The fraction of sp³-hybridized carbons (Fsp3) is 1.00. The van der Waals surface area contributed by atoms with E-state index in [0.717, 1.165) is 0 Å². The van der Waals surface area contributed by atoms with Crippen molar-refractivity contribution in [2.75, 3.05) is 33.1 Å². The van der Waals surface area contributed by atoms with Gasteiger partial charge in [0.1, 0.15) is 6.67 Å². The minimum Gasteiger partial charge on any atom is -0.373 e. The molecule has 0 amide bonds. The lowest BCUT2D eigenvalue weighted by Crippen LogP contribution is -2.16. The molecule has 0 aromatic carbocycles. The Kier molecular flexibility index (Phi) is 3.64. The van der Waals surface area contributed by atoms with E-state index in [1.807, 2.05) is 0 Å². The molecule has 1 aliphatic heterocycles. The van der Waals surface area contributed by atoms with Gasteiger partial charge in [-0.05, 0) is 0 Å². The molecule has 0 aliphatic carbocycles. The fourth-order valence-corrected chi connectivity index (χ4v) is 0.738. The zero-order valence-electron chi connectivity index (χ0n) is 5.72. The van der Waals surface area contributed by atoms with Crippen LogP contribution >= 0.6 is 0 Å². The largest absolute Gasteiger partial charge is 0.373 e. The van der Waals surface area contributed by atoms with Gasteiger partial charge in [0.2, 0.25) is 0 Å². The van der Waals surface area contributed by atoms with Crippen molar-refractivity contribution in [3.8, 4) is 0 Å². The molecule has 10 heavy (non-hydrogen) atoms. The lowest BCUT2D eigenvalue weighted by Gasteiger charge is -2.07. The van der Waals surface area contributed by atoms with Crippen LogP contribution in [0.4, 0.5) is 4.39 Å². The zero-order valence-corrected chi connectivity index (χ0v) is 5.72. The molecule has 4 heteroatoms. The third-order valence-corrected chi connectivity index (χ3v) is 1.17. The molecule has 0 N–H and O–H groups in total. The van der Waals surface area contributed by atoms with Gasteiger partial charge in [-0.15, -0.1) is 0 Å². The first kappa shape index (κ1) is 7.91. The highest BCUT2D eigenvalue weighted by Gasteiger charge is 2.14. The van der Waals surface area contributed by atoms with E-state index in [-0.39, 0.29) is 12.9 Å². The molecule has 0 radical (unpaired) electrons. The van der Waals surface area contributed by atoms with Gasteiger partial charge in [-0.3, -0.25) is 0 Å². The molecule has 0 unspecified atom stereocenters. The van der Waals surface area contributed by atoms with Gasteiger partial charge < -0.3 is 14.2 Å². The monoisotopic (exact) mass is 150 g/mol. The third-order valence-electron chi connectivity index (χ3n) is 1.17. The summed E-state index contributed by atoms with van der Waals surface area (Å²) in [5.41, 5.74) is 0. The van der Waals surface area contributed by atoms with E-state index < -0.39 is 6.67 Å². The number of ether oxygens (including phenoxy) is 3. The van der Waals surface area contributed by atoms with Gasteiger partial charge in [-0.2, -0.15) is 0 Å². The Balaban J connectivity index is 1.91. The minimum absolute atomic E-state index is 0.128. The first-order valence-corrected chi connectivity index (χ1v) is 3.30. The maximum absolute atomic E-state index is 11.5. The summed E-state index contributed by atoms with van der Waals surface area (Å²) in [7, 11) is 0. The van der Waals surface area contributed by atoms with Crippen LogP contribution in [0.15, 0.2) is 0 Å². The molecule has 0 saturated carbocycles. The number of hydrogen-bond donors (Lipinski definition) is 0. The van der Waals surface area contributed by atoms with Crippen LogP contribution in [0.25, 0.3) is 0 Å². The Bertz CT molecular complexity index is 83.1. The molecule has 0 aromatic heterocycles. The summed E-state index contributed by atoms with van der Waals surface area (Å²) in [6.45, 7) is 1.24. The van der Waals surface area contributed by atoms with Gasteiger partial charge in [0, 0.05) is 0 Å². The van der Waals surface area contributed by atoms with E-state index in [9.17, 15) is 4.39 Å². The molecule has 1 saturated heterocycles. The molecule has 0 bridgehead atoms. The molecular formula is C6H11FO3. The summed E-state index contributed by atoms with van der Waals surface area (Å²) < 4.78 is 26.4. The number of hydrogen-bond acceptors (Lipinski definition) is 3. The SMILES string of the molecule is FCCOCC1OCCO1. The van der Waals surface area contributed by atoms with Gasteiger partial charge in [-0.1, -0.05) is 0 Å². The quantitative estimate of drug-likeness (QED) is 0.541. The highest BCUT2D eigenvalue weighted by Crippen LogP contribution is 2.02. The second kappa shape index (κ2) is 4.60. The predicted octanol–water partition coefficient (Wildman–Crippen LogP) is 0.345. The standard InChI is InChI=1S/C6H11FO3/c7-1-2-8-5-6-9-3-4-10-6/h6H,1-5H2. The van der Waals surface area contributed by atoms with Crippen molar-refractivity contribution < 1.29 is 18.6 Å². The van der Waals surface area contributed by atoms with E-state index in [0.29, 0.717) is 19.8 Å². The molecule has 1 heterocycles. The fourth-order valence-electron chi connectivity index (χ4n) is 0.738. The number of halogens is 1. The topological polar surface area (TPSA) is 27.7 Å². The Labute approximate surface area is 59.1 Å². The average molecular weight is 150 g/mol. The maximum Gasteiger partial charge on any atom is 0.181 e. The smallest absolute Gasteiger partial charge is 0.181 e. The first-order valence-electron chi connectivity index (χ1n) is 3.30. The molecule has 3 nitrogen and oxygen atoms in total. The molecule has 0 spiro atoms. The lowest BCUT2D eigenvalue weighted by molar-refractivity contribution is -0.0950. The lowest BCUT2D eigenvalue weighted by atomic mass is 10.7. The van der Waals surface area contributed by atoms with E-state index in [1.54, 1.807) is 0 Å². The summed E-state index contributed by atoms with van der Waals surface area (Å²) in [6.07, 6.45) is -0.272. The number of rotatable bonds is 4. The van der Waals surface area contributed by atoms with Gasteiger partial charge in [0.05, 0.1) is 26.4 Å². The van der Waals surface area contributed by atoms with E-state index in [4.69, 9.17) is 14.2 Å². The van der Waals surface area contributed by atoms with Crippen LogP contribution in [0.3, 0.4) is 0 Å². The molecular weight excluding hydrogens is 139 g/mol. The second-order valence-corrected chi connectivity index (χ2v) is 1.94. The Morgan fingerprint density at radius 1 is 1.40 bits per heavy atom. The van der Waals surface area contributed by atoms with Crippen LogP contribution < -0.4 is 0 Å². The van der Waals surface area contributed by atoms with Crippen molar-refractivity contribution in [1.29, 1.82) is 0 Å². The van der Waals surface area contributed by atoms with Crippen molar-refractivity contribution in [1.82, 2.24) is 0 Å². The van der Waals surface area contributed by atoms with Crippen LogP contribution in [0, 0.1) is 0 Å². The predicted molar refractivity (Wildman–Crippen MR) is 32.5 cm³/mol. The molecule has 1 rings (SSSR count). The highest BCUT2D eigenvalue weighted by atomic mass is 19.1. The van der Waals surface area contributed by atoms with Crippen LogP contribution in [-0.4, -0.2) is 39.4 Å². The van der Waals surface area contributed by atoms with Crippen LogP contribution in [0.1, 0.15) is 0 Å². The summed E-state index contributed by atoms with van der Waals surface area (Å²) in [6, 6.07) is 0. The van der Waals surface area contributed by atoms with Crippen molar-refractivity contribution >= 4 is 0 Å². The maximum atomic E-state index is 11.5. The van der Waals surface area contributed by atoms with Gasteiger partial charge in [0.15, 0.2) is 6.29 Å².